The highest BCUT2D eigenvalue weighted by molar-refractivity contribution is 5.96. The summed E-state index contributed by atoms with van der Waals surface area (Å²) >= 11 is 0. The van der Waals surface area contributed by atoms with Crippen LogP contribution in [0.2, 0.25) is 0 Å². The van der Waals surface area contributed by atoms with Crippen molar-refractivity contribution < 1.29 is 9.18 Å². The van der Waals surface area contributed by atoms with Gasteiger partial charge in [0.05, 0.1) is 5.52 Å². The standard InChI is InChI=1S/C13H12FNO/c1-8(2)13-5-9(7-16)11-6-10(14)3-4-12(11)15-13/h3-8H,1-2H3. The summed E-state index contributed by atoms with van der Waals surface area (Å²) in [5, 5.41) is 0.569. The Morgan fingerprint density at radius 2 is 2.06 bits per heavy atom. The zero-order chi connectivity index (χ0) is 11.7. The first-order valence-corrected chi connectivity index (χ1v) is 5.17. The highest BCUT2D eigenvalue weighted by Gasteiger charge is 2.08. The van der Waals surface area contributed by atoms with Crippen LogP contribution < -0.4 is 0 Å². The van der Waals surface area contributed by atoms with Crippen LogP contribution in [-0.2, 0) is 0 Å². The van der Waals surface area contributed by atoms with Gasteiger partial charge in [-0.05, 0) is 30.2 Å². The van der Waals surface area contributed by atoms with E-state index in [9.17, 15) is 9.18 Å². The third-order valence-electron chi connectivity index (χ3n) is 2.54. The van der Waals surface area contributed by atoms with Gasteiger partial charge in [0.1, 0.15) is 5.82 Å². The number of hydrogen-bond donors (Lipinski definition) is 0. The van der Waals surface area contributed by atoms with Crippen molar-refractivity contribution in [2.75, 3.05) is 0 Å². The van der Waals surface area contributed by atoms with Crippen LogP contribution in [0.4, 0.5) is 4.39 Å². The van der Waals surface area contributed by atoms with Gasteiger partial charge >= 0.3 is 0 Å². The van der Waals surface area contributed by atoms with Gasteiger partial charge in [0.15, 0.2) is 6.29 Å². The molecule has 0 radical (unpaired) electrons. The van der Waals surface area contributed by atoms with Crippen molar-refractivity contribution in [3.63, 3.8) is 0 Å². The van der Waals surface area contributed by atoms with Crippen LogP contribution in [0.5, 0.6) is 0 Å². The number of rotatable bonds is 2. The second-order valence-electron chi connectivity index (χ2n) is 4.07. The number of carbonyl (C=O) groups excluding carboxylic acids is 1. The average molecular weight is 217 g/mol. The topological polar surface area (TPSA) is 30.0 Å². The normalized spacial score (nSPS) is 11.0. The molecular weight excluding hydrogens is 205 g/mol. The number of aldehydes is 1. The van der Waals surface area contributed by atoms with Crippen LogP contribution in [0.1, 0.15) is 35.8 Å². The van der Waals surface area contributed by atoms with Crippen molar-refractivity contribution in [3.05, 3.63) is 41.3 Å². The van der Waals surface area contributed by atoms with Crippen LogP contribution in [0, 0.1) is 5.82 Å². The maximum absolute atomic E-state index is 13.1. The highest BCUT2D eigenvalue weighted by Crippen LogP contribution is 2.22. The van der Waals surface area contributed by atoms with Crippen LogP contribution in [0.25, 0.3) is 10.9 Å². The molecule has 16 heavy (non-hydrogen) atoms. The van der Waals surface area contributed by atoms with Crippen LogP contribution in [0.3, 0.4) is 0 Å². The molecule has 0 spiro atoms. The molecular formula is C13H12FNO. The first kappa shape index (κ1) is 10.7. The zero-order valence-electron chi connectivity index (χ0n) is 9.20. The maximum Gasteiger partial charge on any atom is 0.150 e. The van der Waals surface area contributed by atoms with E-state index in [4.69, 9.17) is 0 Å². The molecule has 0 aliphatic carbocycles. The Kier molecular flexibility index (Phi) is 2.69. The molecule has 0 bridgehead atoms. The SMILES string of the molecule is CC(C)c1cc(C=O)c2cc(F)ccc2n1. The number of fused-ring (bicyclic) bond motifs is 1. The minimum atomic E-state index is -0.352. The molecule has 0 N–H and O–H groups in total. The Morgan fingerprint density at radius 3 is 2.69 bits per heavy atom. The smallest absolute Gasteiger partial charge is 0.150 e. The van der Waals surface area contributed by atoms with Crippen LogP contribution >= 0.6 is 0 Å². The lowest BCUT2D eigenvalue weighted by atomic mass is 10.0. The predicted molar refractivity (Wildman–Crippen MR) is 61.2 cm³/mol. The number of aromatic nitrogens is 1. The summed E-state index contributed by atoms with van der Waals surface area (Å²) in [4.78, 5) is 15.4. The lowest BCUT2D eigenvalue weighted by molar-refractivity contribution is 0.112. The van der Waals surface area contributed by atoms with Crippen molar-refractivity contribution in [2.24, 2.45) is 0 Å². The molecule has 3 heteroatoms. The summed E-state index contributed by atoms with van der Waals surface area (Å²) in [5.41, 5.74) is 2.00. The number of benzene rings is 1. The Balaban J connectivity index is 2.78. The summed E-state index contributed by atoms with van der Waals surface area (Å²) in [7, 11) is 0. The molecule has 2 aromatic rings. The average Bonchev–Trinajstić information content (AvgIpc) is 2.27. The van der Waals surface area contributed by atoms with E-state index in [2.05, 4.69) is 4.98 Å². The fourth-order valence-electron chi connectivity index (χ4n) is 1.64. The van der Waals surface area contributed by atoms with E-state index in [0.717, 1.165) is 12.0 Å². The van der Waals surface area contributed by atoms with E-state index in [1.807, 2.05) is 13.8 Å². The molecule has 0 atom stereocenters. The second-order valence-corrected chi connectivity index (χ2v) is 4.07. The van der Waals surface area contributed by atoms with Gasteiger partial charge in [0, 0.05) is 16.6 Å². The van der Waals surface area contributed by atoms with Gasteiger partial charge in [0.25, 0.3) is 0 Å². The van der Waals surface area contributed by atoms with Gasteiger partial charge in [-0.25, -0.2) is 4.39 Å². The molecule has 2 rings (SSSR count). The largest absolute Gasteiger partial charge is 0.298 e. The fourth-order valence-corrected chi connectivity index (χ4v) is 1.64. The van der Waals surface area contributed by atoms with E-state index in [-0.39, 0.29) is 11.7 Å². The number of carbonyl (C=O) groups is 1. The van der Waals surface area contributed by atoms with E-state index in [0.29, 0.717) is 16.5 Å². The first-order chi connectivity index (χ1) is 7.61. The summed E-state index contributed by atoms with van der Waals surface area (Å²) in [5.74, 6) is -0.108. The molecule has 0 aliphatic rings. The van der Waals surface area contributed by atoms with E-state index in [1.54, 1.807) is 12.1 Å². The van der Waals surface area contributed by atoms with Gasteiger partial charge in [-0.15, -0.1) is 0 Å². The molecule has 0 unspecified atom stereocenters. The molecule has 0 saturated carbocycles. The molecule has 0 fully saturated rings. The van der Waals surface area contributed by atoms with Crippen molar-refractivity contribution in [1.82, 2.24) is 4.98 Å². The quantitative estimate of drug-likeness (QED) is 0.722. The summed E-state index contributed by atoms with van der Waals surface area (Å²) < 4.78 is 13.1. The lowest BCUT2D eigenvalue weighted by Gasteiger charge is -2.08. The number of hydrogen-bond acceptors (Lipinski definition) is 2. The maximum atomic E-state index is 13.1. The molecule has 0 saturated heterocycles. The van der Waals surface area contributed by atoms with Gasteiger partial charge in [-0.2, -0.15) is 0 Å². The van der Waals surface area contributed by atoms with Crippen molar-refractivity contribution in [3.8, 4) is 0 Å². The minimum absolute atomic E-state index is 0.244. The number of halogens is 1. The second kappa shape index (κ2) is 4.00. The Bertz CT molecular complexity index is 549. The van der Waals surface area contributed by atoms with E-state index < -0.39 is 0 Å². The van der Waals surface area contributed by atoms with Gasteiger partial charge in [0.2, 0.25) is 0 Å². The van der Waals surface area contributed by atoms with Gasteiger partial charge in [-0.1, -0.05) is 13.8 Å². The first-order valence-electron chi connectivity index (χ1n) is 5.17. The Labute approximate surface area is 93.1 Å². The fraction of sp³-hybridized carbons (Fsp3) is 0.231. The highest BCUT2D eigenvalue weighted by atomic mass is 19.1. The molecule has 0 aliphatic heterocycles. The van der Waals surface area contributed by atoms with Crippen molar-refractivity contribution >= 4 is 17.2 Å². The van der Waals surface area contributed by atoms with Crippen molar-refractivity contribution in [2.45, 2.75) is 19.8 Å². The molecule has 1 aromatic heterocycles. The molecule has 2 nitrogen and oxygen atoms in total. The van der Waals surface area contributed by atoms with Crippen LogP contribution in [-0.4, -0.2) is 11.3 Å². The molecule has 1 heterocycles. The number of nitrogens with zero attached hydrogens (tertiary/aromatic N) is 1. The minimum Gasteiger partial charge on any atom is -0.298 e. The van der Waals surface area contributed by atoms with E-state index in [1.165, 1.54) is 12.1 Å². The molecule has 82 valence electrons. The van der Waals surface area contributed by atoms with Gasteiger partial charge in [-0.3, -0.25) is 9.78 Å². The van der Waals surface area contributed by atoms with Crippen molar-refractivity contribution in [1.29, 1.82) is 0 Å². The molecule has 1 aromatic carbocycles. The number of pyridine rings is 1. The third kappa shape index (κ3) is 1.81. The summed E-state index contributed by atoms with van der Waals surface area (Å²) in [6.07, 6.45) is 0.745. The van der Waals surface area contributed by atoms with Gasteiger partial charge < -0.3 is 0 Å². The molecule has 0 amide bonds. The summed E-state index contributed by atoms with van der Waals surface area (Å²) in [6, 6.07) is 6.02. The summed E-state index contributed by atoms with van der Waals surface area (Å²) in [6.45, 7) is 4.01. The monoisotopic (exact) mass is 217 g/mol. The van der Waals surface area contributed by atoms with Crippen LogP contribution in [0.15, 0.2) is 24.3 Å². The predicted octanol–water partition coefficient (Wildman–Crippen LogP) is 3.31. The third-order valence-corrected chi connectivity index (χ3v) is 2.54. The Hall–Kier alpha value is -1.77. The lowest BCUT2D eigenvalue weighted by Crippen LogP contribution is -1.97. The zero-order valence-corrected chi connectivity index (χ0v) is 9.20. The van der Waals surface area contributed by atoms with E-state index >= 15 is 0 Å². The Morgan fingerprint density at radius 1 is 1.31 bits per heavy atom.